The Labute approximate surface area is 87.7 Å². The maximum absolute atomic E-state index is 8.39. The number of nitrogens with zero attached hydrogens (tertiary/aromatic N) is 1. The third-order valence-electron chi connectivity index (χ3n) is 3.24. The molecule has 0 aromatic rings. The Balaban J connectivity index is 2.08. The lowest BCUT2D eigenvalue weighted by Crippen LogP contribution is -2.36. The van der Waals surface area contributed by atoms with Crippen LogP contribution < -0.4 is 5.32 Å². The van der Waals surface area contributed by atoms with Crippen LogP contribution in [0, 0.1) is 16.7 Å². The number of hydrogen-bond acceptors (Lipinski definition) is 2. The molecule has 14 heavy (non-hydrogen) atoms. The zero-order chi connectivity index (χ0) is 10.4. The lowest BCUT2D eigenvalue weighted by atomic mass is 9.75. The Kier molecular flexibility index (Phi) is 4.41. The number of rotatable bonds is 4. The van der Waals surface area contributed by atoms with Crippen molar-refractivity contribution in [3.8, 4) is 6.07 Å². The smallest absolute Gasteiger partial charge is 0.0622 e. The highest BCUT2D eigenvalue weighted by Crippen LogP contribution is 2.34. The molecule has 0 heterocycles. The van der Waals surface area contributed by atoms with Crippen LogP contribution in [-0.2, 0) is 0 Å². The first-order valence-electron chi connectivity index (χ1n) is 5.74. The van der Waals surface area contributed by atoms with Crippen LogP contribution in [0.1, 0.15) is 52.4 Å². The van der Waals surface area contributed by atoms with Crippen molar-refractivity contribution >= 4 is 0 Å². The van der Waals surface area contributed by atoms with Gasteiger partial charge in [0.05, 0.1) is 6.07 Å². The van der Waals surface area contributed by atoms with Gasteiger partial charge in [-0.2, -0.15) is 5.26 Å². The van der Waals surface area contributed by atoms with Crippen LogP contribution in [0.2, 0.25) is 0 Å². The first-order valence-corrected chi connectivity index (χ1v) is 5.74. The van der Waals surface area contributed by atoms with Gasteiger partial charge in [-0.1, -0.05) is 13.8 Å². The molecular weight excluding hydrogens is 172 g/mol. The van der Waals surface area contributed by atoms with Crippen LogP contribution in [0.5, 0.6) is 0 Å². The van der Waals surface area contributed by atoms with Gasteiger partial charge in [0, 0.05) is 12.5 Å². The molecule has 80 valence electrons. The molecule has 1 saturated carbocycles. The van der Waals surface area contributed by atoms with E-state index in [0.717, 1.165) is 13.0 Å². The van der Waals surface area contributed by atoms with Crippen LogP contribution in [-0.4, -0.2) is 12.6 Å². The van der Waals surface area contributed by atoms with Crippen LogP contribution in [0.25, 0.3) is 0 Å². The summed E-state index contributed by atoms with van der Waals surface area (Å²) >= 11 is 0. The van der Waals surface area contributed by atoms with E-state index in [4.69, 9.17) is 5.26 Å². The highest BCUT2D eigenvalue weighted by molar-refractivity contribution is 4.82. The maximum Gasteiger partial charge on any atom is 0.0622 e. The molecule has 2 heteroatoms. The summed E-state index contributed by atoms with van der Waals surface area (Å²) in [5.74, 6) is 0. The van der Waals surface area contributed by atoms with E-state index in [0.29, 0.717) is 17.9 Å². The lowest BCUT2D eigenvalue weighted by Gasteiger charge is -2.34. The van der Waals surface area contributed by atoms with Crippen LogP contribution in [0.4, 0.5) is 0 Å². The van der Waals surface area contributed by atoms with E-state index in [2.05, 4.69) is 25.2 Å². The first-order chi connectivity index (χ1) is 6.64. The van der Waals surface area contributed by atoms with Crippen LogP contribution >= 0.6 is 0 Å². The molecule has 0 aromatic heterocycles. The SMILES string of the molecule is CC1(C)CCC(NCCCC#N)CC1. The van der Waals surface area contributed by atoms with Crippen molar-refractivity contribution in [3.05, 3.63) is 0 Å². The number of nitriles is 1. The molecule has 0 bridgehead atoms. The molecule has 0 aliphatic heterocycles. The van der Waals surface area contributed by atoms with Gasteiger partial charge in [0.25, 0.3) is 0 Å². The predicted octanol–water partition coefficient (Wildman–Crippen LogP) is 2.85. The number of nitrogens with one attached hydrogen (secondary N) is 1. The van der Waals surface area contributed by atoms with Gasteiger partial charge in [0.1, 0.15) is 0 Å². The fraction of sp³-hybridized carbons (Fsp3) is 0.917. The monoisotopic (exact) mass is 194 g/mol. The first kappa shape index (κ1) is 11.5. The van der Waals surface area contributed by atoms with Gasteiger partial charge in [-0.15, -0.1) is 0 Å². The zero-order valence-corrected chi connectivity index (χ0v) is 9.47. The van der Waals surface area contributed by atoms with Gasteiger partial charge in [0.2, 0.25) is 0 Å². The normalized spacial score (nSPS) is 21.8. The van der Waals surface area contributed by atoms with Gasteiger partial charge in [-0.25, -0.2) is 0 Å². The van der Waals surface area contributed by atoms with E-state index in [1.807, 2.05) is 0 Å². The molecule has 1 aliphatic rings. The van der Waals surface area contributed by atoms with Gasteiger partial charge in [-0.3, -0.25) is 0 Å². The van der Waals surface area contributed by atoms with Gasteiger partial charge in [0.15, 0.2) is 0 Å². The minimum Gasteiger partial charge on any atom is -0.314 e. The Morgan fingerprint density at radius 1 is 1.36 bits per heavy atom. The summed E-state index contributed by atoms with van der Waals surface area (Å²) in [6.07, 6.45) is 6.96. The van der Waals surface area contributed by atoms with E-state index in [1.54, 1.807) is 0 Å². The summed E-state index contributed by atoms with van der Waals surface area (Å²) in [6.45, 7) is 5.73. The van der Waals surface area contributed by atoms with Crippen molar-refractivity contribution in [2.45, 2.75) is 58.4 Å². The molecule has 0 aromatic carbocycles. The molecular formula is C12H22N2. The Morgan fingerprint density at radius 3 is 2.57 bits per heavy atom. The fourth-order valence-corrected chi connectivity index (χ4v) is 2.08. The minimum absolute atomic E-state index is 0.560. The van der Waals surface area contributed by atoms with Crippen molar-refractivity contribution in [3.63, 3.8) is 0 Å². The lowest BCUT2D eigenvalue weighted by molar-refractivity contribution is 0.207. The fourth-order valence-electron chi connectivity index (χ4n) is 2.08. The topological polar surface area (TPSA) is 35.8 Å². The van der Waals surface area contributed by atoms with Gasteiger partial charge < -0.3 is 5.32 Å². The van der Waals surface area contributed by atoms with Crippen molar-refractivity contribution in [2.24, 2.45) is 5.41 Å². The van der Waals surface area contributed by atoms with Crippen molar-refractivity contribution in [2.75, 3.05) is 6.54 Å². The van der Waals surface area contributed by atoms with Gasteiger partial charge >= 0.3 is 0 Å². The average molecular weight is 194 g/mol. The largest absolute Gasteiger partial charge is 0.314 e. The summed E-state index contributed by atoms with van der Waals surface area (Å²) < 4.78 is 0. The molecule has 1 fully saturated rings. The molecule has 1 N–H and O–H groups in total. The number of hydrogen-bond donors (Lipinski definition) is 1. The Morgan fingerprint density at radius 2 is 2.00 bits per heavy atom. The van der Waals surface area contributed by atoms with Crippen molar-refractivity contribution < 1.29 is 0 Å². The van der Waals surface area contributed by atoms with E-state index in [1.165, 1.54) is 25.7 Å². The second-order valence-electron chi connectivity index (χ2n) is 5.15. The number of unbranched alkanes of at least 4 members (excludes halogenated alkanes) is 1. The molecule has 1 rings (SSSR count). The second kappa shape index (κ2) is 5.36. The maximum atomic E-state index is 8.39. The summed E-state index contributed by atoms with van der Waals surface area (Å²) in [5, 5.41) is 11.9. The van der Waals surface area contributed by atoms with E-state index in [9.17, 15) is 0 Å². The Bertz CT molecular complexity index is 193. The third-order valence-corrected chi connectivity index (χ3v) is 3.24. The highest BCUT2D eigenvalue weighted by Gasteiger charge is 2.25. The van der Waals surface area contributed by atoms with Crippen LogP contribution in [0.3, 0.4) is 0 Å². The quantitative estimate of drug-likeness (QED) is 0.698. The molecule has 2 nitrogen and oxygen atoms in total. The van der Waals surface area contributed by atoms with E-state index in [-0.39, 0.29) is 0 Å². The summed E-state index contributed by atoms with van der Waals surface area (Å²) in [4.78, 5) is 0. The summed E-state index contributed by atoms with van der Waals surface area (Å²) in [5.41, 5.74) is 0.560. The molecule has 0 amide bonds. The standard InChI is InChI=1S/C12H22N2/c1-12(2)7-5-11(6-8-12)14-10-4-3-9-13/h11,14H,3-8,10H2,1-2H3. The molecule has 1 aliphatic carbocycles. The molecule has 0 spiro atoms. The minimum atomic E-state index is 0.560. The summed E-state index contributed by atoms with van der Waals surface area (Å²) in [6, 6.07) is 2.89. The highest BCUT2D eigenvalue weighted by atomic mass is 14.9. The average Bonchev–Trinajstić information content (AvgIpc) is 2.15. The third kappa shape index (κ3) is 4.11. The second-order valence-corrected chi connectivity index (χ2v) is 5.15. The molecule has 0 saturated heterocycles. The van der Waals surface area contributed by atoms with Crippen LogP contribution in [0.15, 0.2) is 0 Å². The summed E-state index contributed by atoms with van der Waals surface area (Å²) in [7, 11) is 0. The van der Waals surface area contributed by atoms with Crippen molar-refractivity contribution in [1.82, 2.24) is 5.32 Å². The molecule has 0 radical (unpaired) electrons. The zero-order valence-electron chi connectivity index (χ0n) is 9.47. The predicted molar refractivity (Wildman–Crippen MR) is 58.9 cm³/mol. The molecule has 0 unspecified atom stereocenters. The van der Waals surface area contributed by atoms with E-state index >= 15 is 0 Å². The molecule has 0 atom stereocenters. The van der Waals surface area contributed by atoms with Gasteiger partial charge in [-0.05, 0) is 44.1 Å². The Hall–Kier alpha value is -0.550. The van der Waals surface area contributed by atoms with Crippen molar-refractivity contribution in [1.29, 1.82) is 5.26 Å². The van der Waals surface area contributed by atoms with E-state index < -0.39 is 0 Å².